The summed E-state index contributed by atoms with van der Waals surface area (Å²) in [6, 6.07) is 8.28. The topological polar surface area (TPSA) is 59.0 Å². The fourth-order valence-electron chi connectivity index (χ4n) is 4.07. The third-order valence-corrected chi connectivity index (χ3v) is 5.43. The fraction of sp³-hybridized carbons (Fsp3) is 0.650. The fourth-order valence-corrected chi connectivity index (χ4v) is 4.07. The number of aliphatic hydroxyl groups excluding tert-OH is 1. The molecule has 25 heavy (non-hydrogen) atoms. The number of hydrogen-bond acceptors (Lipinski definition) is 5. The second-order valence-corrected chi connectivity index (χ2v) is 7.53. The van der Waals surface area contributed by atoms with Crippen molar-refractivity contribution in [3.8, 4) is 5.75 Å². The molecule has 2 fully saturated rings. The molecule has 4 atom stereocenters. The van der Waals surface area contributed by atoms with Gasteiger partial charge in [-0.05, 0) is 37.0 Å². The molecule has 3 rings (SSSR count). The zero-order valence-electron chi connectivity index (χ0n) is 15.4. The number of ether oxygens (including phenoxy) is 2. The molecule has 0 unspecified atom stereocenters. The molecule has 2 aliphatic rings. The number of methoxy groups -OCH3 is 1. The van der Waals surface area contributed by atoms with Gasteiger partial charge in [-0.25, -0.2) is 0 Å². The lowest BCUT2D eigenvalue weighted by Gasteiger charge is -2.32. The normalized spacial score (nSPS) is 29.5. The first-order valence-corrected chi connectivity index (χ1v) is 9.27. The summed E-state index contributed by atoms with van der Waals surface area (Å²) in [5.41, 5.74) is 1.18. The Morgan fingerprint density at radius 3 is 2.64 bits per heavy atom. The monoisotopic (exact) mass is 347 g/mol. The lowest BCUT2D eigenvalue weighted by Crippen LogP contribution is -2.46. The lowest BCUT2D eigenvalue weighted by atomic mass is 9.96. The Kier molecular flexibility index (Phi) is 5.64. The number of hydrogen-bond donors (Lipinski definition) is 1. The first-order valence-electron chi connectivity index (χ1n) is 9.27. The molecule has 0 aliphatic carbocycles. The maximum absolute atomic E-state index is 12.1. The van der Waals surface area contributed by atoms with Crippen LogP contribution in [-0.2, 0) is 16.1 Å². The van der Waals surface area contributed by atoms with Crippen LogP contribution in [0.15, 0.2) is 24.3 Å². The highest BCUT2D eigenvalue weighted by Gasteiger charge is 2.48. The zero-order chi connectivity index (χ0) is 18.0. The molecule has 0 spiro atoms. The van der Waals surface area contributed by atoms with Gasteiger partial charge in [0.1, 0.15) is 11.9 Å². The van der Waals surface area contributed by atoms with Crippen LogP contribution in [-0.4, -0.2) is 47.4 Å². The summed E-state index contributed by atoms with van der Waals surface area (Å²) < 4.78 is 11.0. The maximum Gasteiger partial charge on any atom is 0.308 e. The predicted octanol–water partition coefficient (Wildman–Crippen LogP) is 2.75. The number of nitrogens with zero attached hydrogens (tertiary/aromatic N) is 1. The largest absolute Gasteiger partial charge is 0.497 e. The van der Waals surface area contributed by atoms with Crippen molar-refractivity contribution in [1.29, 1.82) is 0 Å². The molecule has 1 aromatic rings. The van der Waals surface area contributed by atoms with Gasteiger partial charge in [0.05, 0.1) is 25.2 Å². The smallest absolute Gasteiger partial charge is 0.308 e. The summed E-state index contributed by atoms with van der Waals surface area (Å²) >= 11 is 0. The summed E-state index contributed by atoms with van der Waals surface area (Å²) in [5.74, 6) is 0.522. The Hall–Kier alpha value is -1.59. The molecular weight excluding hydrogens is 318 g/mol. The number of carbonyl (C=O) groups excluding carboxylic acids is 1. The van der Waals surface area contributed by atoms with Gasteiger partial charge in [-0.1, -0.05) is 26.0 Å². The highest BCUT2D eigenvalue weighted by Crippen LogP contribution is 2.38. The number of rotatable bonds is 5. The Bertz CT molecular complexity index is 586. The van der Waals surface area contributed by atoms with Crippen LogP contribution < -0.4 is 4.74 Å². The summed E-state index contributed by atoms with van der Waals surface area (Å²) in [7, 11) is 1.66. The van der Waals surface area contributed by atoms with E-state index in [4.69, 9.17) is 9.47 Å². The maximum atomic E-state index is 12.1. The first kappa shape index (κ1) is 18.2. The minimum Gasteiger partial charge on any atom is -0.497 e. The molecule has 138 valence electrons. The van der Waals surface area contributed by atoms with Gasteiger partial charge < -0.3 is 14.6 Å². The highest BCUT2D eigenvalue weighted by atomic mass is 16.5. The van der Waals surface area contributed by atoms with E-state index >= 15 is 0 Å². The van der Waals surface area contributed by atoms with Crippen LogP contribution >= 0.6 is 0 Å². The van der Waals surface area contributed by atoms with Crippen LogP contribution in [0.2, 0.25) is 0 Å². The van der Waals surface area contributed by atoms with Crippen molar-refractivity contribution < 1.29 is 19.4 Å². The lowest BCUT2D eigenvalue weighted by molar-refractivity contribution is -0.156. The molecule has 2 saturated heterocycles. The van der Waals surface area contributed by atoms with Gasteiger partial charge in [0.15, 0.2) is 0 Å². The van der Waals surface area contributed by atoms with Crippen molar-refractivity contribution >= 4 is 5.97 Å². The number of benzene rings is 1. The molecule has 1 N–H and O–H groups in total. The predicted molar refractivity (Wildman–Crippen MR) is 95.3 cm³/mol. The summed E-state index contributed by atoms with van der Waals surface area (Å²) in [5, 5.41) is 10.7. The molecule has 2 aliphatic heterocycles. The van der Waals surface area contributed by atoms with E-state index in [1.54, 1.807) is 7.11 Å². The Morgan fingerprint density at radius 1 is 1.28 bits per heavy atom. The molecule has 5 heteroatoms. The molecule has 2 bridgehead atoms. The van der Waals surface area contributed by atoms with Crippen LogP contribution in [0, 0.1) is 5.92 Å². The molecule has 0 amide bonds. The summed E-state index contributed by atoms with van der Waals surface area (Å²) in [4.78, 5) is 14.4. The first-order chi connectivity index (χ1) is 12.0. The van der Waals surface area contributed by atoms with Crippen molar-refractivity contribution in [1.82, 2.24) is 4.90 Å². The van der Waals surface area contributed by atoms with Crippen molar-refractivity contribution in [3.63, 3.8) is 0 Å². The highest BCUT2D eigenvalue weighted by molar-refractivity contribution is 5.71. The Morgan fingerprint density at radius 2 is 2.00 bits per heavy atom. The van der Waals surface area contributed by atoms with Crippen molar-refractivity contribution in [2.24, 2.45) is 5.92 Å². The van der Waals surface area contributed by atoms with Gasteiger partial charge in [0.2, 0.25) is 0 Å². The number of carbonyl (C=O) groups is 1. The van der Waals surface area contributed by atoms with E-state index in [9.17, 15) is 9.90 Å². The standard InChI is InChI=1S/C20H29NO4/c1-13(2)20(23)25-18-11-15-5-4-6-17(22)19(18)21(15)12-14-7-9-16(24-3)10-8-14/h7-10,13,15,17-19,22H,4-6,11-12H2,1-3H3/t15-,17-,18+,19+/m1/s1. The Labute approximate surface area is 149 Å². The van der Waals surface area contributed by atoms with Gasteiger partial charge in [0.25, 0.3) is 0 Å². The SMILES string of the molecule is COc1ccc(CN2[C@@H]3CCC[C@@H](O)[C@H]2[C@@H](OC(=O)C(C)C)C3)cc1. The molecule has 0 saturated carbocycles. The summed E-state index contributed by atoms with van der Waals surface area (Å²) in [6.07, 6.45) is 2.99. The van der Waals surface area contributed by atoms with E-state index in [1.165, 1.54) is 5.56 Å². The average molecular weight is 347 g/mol. The molecule has 1 aromatic carbocycles. The molecule has 0 radical (unpaired) electrons. The second kappa shape index (κ2) is 7.75. The average Bonchev–Trinajstić information content (AvgIpc) is 2.83. The number of esters is 1. The van der Waals surface area contributed by atoms with E-state index in [2.05, 4.69) is 17.0 Å². The molecule has 5 nitrogen and oxygen atoms in total. The third-order valence-electron chi connectivity index (χ3n) is 5.43. The number of fused-ring (bicyclic) bond motifs is 2. The second-order valence-electron chi connectivity index (χ2n) is 7.53. The van der Waals surface area contributed by atoms with E-state index in [0.717, 1.165) is 38.0 Å². The van der Waals surface area contributed by atoms with Gasteiger partial charge in [-0.15, -0.1) is 0 Å². The summed E-state index contributed by atoms with van der Waals surface area (Å²) in [6.45, 7) is 4.45. The van der Waals surface area contributed by atoms with Gasteiger partial charge in [-0.3, -0.25) is 9.69 Å². The molecular formula is C20H29NO4. The minimum atomic E-state index is -0.448. The van der Waals surface area contributed by atoms with Crippen LogP contribution in [0.5, 0.6) is 5.75 Å². The zero-order valence-corrected chi connectivity index (χ0v) is 15.4. The van der Waals surface area contributed by atoms with Crippen LogP contribution in [0.3, 0.4) is 0 Å². The molecule has 2 heterocycles. The quantitative estimate of drug-likeness (QED) is 0.830. The Balaban J connectivity index is 1.77. The van der Waals surface area contributed by atoms with Gasteiger partial charge in [-0.2, -0.15) is 0 Å². The van der Waals surface area contributed by atoms with Crippen LogP contribution in [0.1, 0.15) is 45.1 Å². The molecule has 0 aromatic heterocycles. The van der Waals surface area contributed by atoms with Crippen molar-refractivity contribution in [2.45, 2.75) is 70.4 Å². The van der Waals surface area contributed by atoms with E-state index in [1.807, 2.05) is 26.0 Å². The van der Waals surface area contributed by atoms with Gasteiger partial charge in [0, 0.05) is 19.0 Å². The van der Waals surface area contributed by atoms with Crippen LogP contribution in [0.4, 0.5) is 0 Å². The van der Waals surface area contributed by atoms with Crippen molar-refractivity contribution in [2.75, 3.05) is 7.11 Å². The van der Waals surface area contributed by atoms with E-state index in [-0.39, 0.29) is 24.0 Å². The van der Waals surface area contributed by atoms with Crippen LogP contribution in [0.25, 0.3) is 0 Å². The van der Waals surface area contributed by atoms with E-state index < -0.39 is 6.10 Å². The van der Waals surface area contributed by atoms with E-state index in [0.29, 0.717) is 6.04 Å². The van der Waals surface area contributed by atoms with Gasteiger partial charge >= 0.3 is 5.97 Å². The number of aliphatic hydroxyl groups is 1. The minimum absolute atomic E-state index is 0.114. The van der Waals surface area contributed by atoms with Crippen molar-refractivity contribution in [3.05, 3.63) is 29.8 Å². The third kappa shape index (κ3) is 3.98.